The number of aliphatic carboxylic acids is 1. The number of methoxy groups -OCH3 is 1. The van der Waals surface area contributed by atoms with Gasteiger partial charge in [0.1, 0.15) is 0 Å². The molecule has 3 rings (SSSR count). The number of halogens is 1. The second-order valence-electron chi connectivity index (χ2n) is 7.11. The first-order valence-corrected chi connectivity index (χ1v) is 12.7. The Bertz CT molecular complexity index is 877. The van der Waals surface area contributed by atoms with Gasteiger partial charge in [0.2, 0.25) is 0 Å². The summed E-state index contributed by atoms with van der Waals surface area (Å²) in [5.41, 5.74) is 3.79. The maximum atomic E-state index is 11.9. The Hall–Kier alpha value is -1.77. The molecule has 148 valence electrons. The molecule has 1 unspecified atom stereocenters. The number of carbonyl (C=O) groups is 2. The van der Waals surface area contributed by atoms with Crippen molar-refractivity contribution in [1.82, 2.24) is 0 Å². The predicted molar refractivity (Wildman–Crippen MR) is 113 cm³/mol. The molecular formula is C22H24AsClO4. The summed E-state index contributed by atoms with van der Waals surface area (Å²) in [6.45, 7) is 0. The molecule has 0 aromatic heterocycles. The molecule has 1 aliphatic carbocycles. The van der Waals surface area contributed by atoms with Crippen molar-refractivity contribution in [2.75, 3.05) is 7.11 Å². The molecule has 28 heavy (non-hydrogen) atoms. The van der Waals surface area contributed by atoms with Crippen LogP contribution in [0.5, 0.6) is 5.75 Å². The zero-order chi connectivity index (χ0) is 20.1. The number of ether oxygens (including phenoxy) is 1. The minimum absolute atomic E-state index is 0.0655. The first-order chi connectivity index (χ1) is 13.5. The summed E-state index contributed by atoms with van der Waals surface area (Å²) in [6, 6.07) is 11.4. The van der Waals surface area contributed by atoms with Gasteiger partial charge in [0.25, 0.3) is 0 Å². The van der Waals surface area contributed by atoms with Gasteiger partial charge < -0.3 is 0 Å². The first-order valence-electron chi connectivity index (χ1n) is 9.38. The fraction of sp³-hybridized carbons (Fsp3) is 0.364. The number of carboxylic acid groups (broad SMARTS) is 1. The van der Waals surface area contributed by atoms with Crippen LogP contribution in [0.1, 0.15) is 30.4 Å². The SMILES string of the molecule is COc1ccc(C[AsH]CCC(=O)C2CC2)c(-c2cc(Cl)cc(CC(=O)O)c2)c1. The third-order valence-electron chi connectivity index (χ3n) is 4.84. The van der Waals surface area contributed by atoms with E-state index >= 15 is 0 Å². The van der Waals surface area contributed by atoms with Crippen LogP contribution < -0.4 is 4.74 Å². The Kier molecular flexibility index (Phi) is 7.20. The van der Waals surface area contributed by atoms with Crippen LogP contribution in [0.4, 0.5) is 0 Å². The third kappa shape index (κ3) is 5.86. The zero-order valence-corrected chi connectivity index (χ0v) is 18.7. The number of ketones is 1. The predicted octanol–water partition coefficient (Wildman–Crippen LogP) is 4.37. The van der Waals surface area contributed by atoms with E-state index in [4.69, 9.17) is 21.4 Å². The number of carboxylic acids is 1. The molecule has 0 heterocycles. The Morgan fingerprint density at radius 1 is 1.21 bits per heavy atom. The summed E-state index contributed by atoms with van der Waals surface area (Å²) in [5, 5.41) is 11.6. The normalized spacial score (nSPS) is 13.8. The van der Waals surface area contributed by atoms with Crippen LogP contribution in [0.15, 0.2) is 36.4 Å². The fourth-order valence-electron chi connectivity index (χ4n) is 3.23. The van der Waals surface area contributed by atoms with Crippen molar-refractivity contribution in [2.45, 2.75) is 36.1 Å². The number of carbonyl (C=O) groups excluding carboxylic acids is 1. The molecular weight excluding hydrogens is 439 g/mol. The van der Waals surface area contributed by atoms with Gasteiger partial charge in [0.15, 0.2) is 0 Å². The second-order valence-corrected chi connectivity index (χ2v) is 10.4. The van der Waals surface area contributed by atoms with Crippen molar-refractivity contribution < 1.29 is 19.4 Å². The molecule has 6 heteroatoms. The molecule has 4 nitrogen and oxygen atoms in total. The van der Waals surface area contributed by atoms with Crippen LogP contribution >= 0.6 is 11.6 Å². The van der Waals surface area contributed by atoms with E-state index in [1.807, 2.05) is 24.3 Å². The maximum absolute atomic E-state index is 11.9. The van der Waals surface area contributed by atoms with Crippen LogP contribution in [0, 0.1) is 5.92 Å². The Morgan fingerprint density at radius 2 is 2.00 bits per heavy atom. The summed E-state index contributed by atoms with van der Waals surface area (Å²) >= 11 is 5.98. The molecule has 2 aromatic rings. The number of hydrogen-bond donors (Lipinski definition) is 1. The quantitative estimate of drug-likeness (QED) is 0.421. The van der Waals surface area contributed by atoms with Crippen molar-refractivity contribution in [2.24, 2.45) is 5.92 Å². The second kappa shape index (κ2) is 9.62. The van der Waals surface area contributed by atoms with Gasteiger partial charge in [-0.15, -0.1) is 0 Å². The number of benzene rings is 2. The summed E-state index contributed by atoms with van der Waals surface area (Å²) in [7, 11) is 1.63. The van der Waals surface area contributed by atoms with E-state index in [1.54, 1.807) is 13.2 Å². The van der Waals surface area contributed by atoms with Crippen LogP contribution in [0.3, 0.4) is 0 Å². The third-order valence-corrected chi connectivity index (χ3v) is 7.65. The standard InChI is InChI=1S/C22H24AsClO4/c1-28-19-5-4-16(13-23-7-6-21(25)15-2-3-15)20(12-19)17-8-14(10-22(26)27)9-18(24)11-17/h4-5,8-9,11-12,15,23H,2-3,6-7,10,13H2,1H3,(H,26,27). The van der Waals surface area contributed by atoms with Gasteiger partial charge in [-0.1, -0.05) is 0 Å². The van der Waals surface area contributed by atoms with Crippen molar-refractivity contribution in [3.63, 3.8) is 0 Å². The molecule has 0 aliphatic heterocycles. The van der Waals surface area contributed by atoms with Crippen molar-refractivity contribution in [3.8, 4) is 16.9 Å². The minimum atomic E-state index is -0.883. The molecule has 0 saturated heterocycles. The van der Waals surface area contributed by atoms with E-state index in [2.05, 4.69) is 6.07 Å². The number of hydrogen-bond acceptors (Lipinski definition) is 3. The van der Waals surface area contributed by atoms with Gasteiger partial charge in [-0.25, -0.2) is 0 Å². The Balaban J connectivity index is 1.79. The van der Waals surface area contributed by atoms with Crippen molar-refractivity contribution >= 4 is 39.1 Å². The molecule has 0 radical (unpaired) electrons. The topological polar surface area (TPSA) is 63.6 Å². The van der Waals surface area contributed by atoms with Crippen molar-refractivity contribution in [3.05, 3.63) is 52.5 Å². The van der Waals surface area contributed by atoms with Crippen LogP contribution in [0.2, 0.25) is 10.2 Å². The monoisotopic (exact) mass is 462 g/mol. The molecule has 1 saturated carbocycles. The molecule has 0 spiro atoms. The zero-order valence-electron chi connectivity index (χ0n) is 15.8. The molecule has 1 aliphatic rings. The van der Waals surface area contributed by atoms with Gasteiger partial charge in [-0.05, 0) is 0 Å². The van der Waals surface area contributed by atoms with E-state index in [0.717, 1.165) is 46.6 Å². The van der Waals surface area contributed by atoms with E-state index in [1.165, 1.54) is 5.56 Å². The van der Waals surface area contributed by atoms with E-state index in [0.29, 0.717) is 22.3 Å². The Morgan fingerprint density at radius 3 is 2.68 bits per heavy atom. The van der Waals surface area contributed by atoms with Gasteiger partial charge in [0.05, 0.1) is 0 Å². The molecule has 1 atom stereocenters. The fourth-order valence-corrected chi connectivity index (χ4v) is 5.96. The van der Waals surface area contributed by atoms with Gasteiger partial charge >= 0.3 is 177 Å². The Labute approximate surface area is 176 Å². The molecule has 1 N–H and O–H groups in total. The van der Waals surface area contributed by atoms with E-state index in [9.17, 15) is 9.59 Å². The van der Waals surface area contributed by atoms with Gasteiger partial charge in [0, 0.05) is 0 Å². The molecule has 2 aromatic carbocycles. The van der Waals surface area contributed by atoms with Crippen LogP contribution in [-0.2, 0) is 21.2 Å². The number of Topliss-reactive ketones (excluding diaryl/α,β-unsaturated/α-hetero) is 1. The van der Waals surface area contributed by atoms with Crippen molar-refractivity contribution in [1.29, 1.82) is 0 Å². The average Bonchev–Trinajstić information content (AvgIpc) is 3.49. The van der Waals surface area contributed by atoms with E-state index in [-0.39, 0.29) is 22.2 Å². The van der Waals surface area contributed by atoms with Crippen LogP contribution in [-0.4, -0.2) is 39.7 Å². The van der Waals surface area contributed by atoms with Gasteiger partial charge in [-0.3, -0.25) is 0 Å². The number of rotatable bonds is 10. The first kappa shape index (κ1) is 20.9. The molecule has 1 fully saturated rings. The average molecular weight is 463 g/mol. The summed E-state index contributed by atoms with van der Waals surface area (Å²) < 4.78 is 5.39. The van der Waals surface area contributed by atoms with Crippen LogP contribution in [0.25, 0.3) is 11.1 Å². The van der Waals surface area contributed by atoms with Gasteiger partial charge in [-0.2, -0.15) is 0 Å². The summed E-state index contributed by atoms with van der Waals surface area (Å²) in [5.74, 6) is 0.655. The van der Waals surface area contributed by atoms with E-state index < -0.39 is 5.97 Å². The summed E-state index contributed by atoms with van der Waals surface area (Å²) in [6.07, 6.45) is 2.81. The summed E-state index contributed by atoms with van der Waals surface area (Å²) in [4.78, 5) is 23.0. The molecule has 0 bridgehead atoms. The molecule has 0 amide bonds.